The molecule has 1 N–H and O–H groups in total. The van der Waals surface area contributed by atoms with Gasteiger partial charge in [-0.2, -0.15) is 0 Å². The quantitative estimate of drug-likeness (QED) is 0.769. The average Bonchev–Trinajstić information content (AvgIpc) is 2.65. The van der Waals surface area contributed by atoms with E-state index in [9.17, 15) is 4.79 Å². The Kier molecular flexibility index (Phi) is 2.59. The van der Waals surface area contributed by atoms with Crippen LogP contribution in [0.3, 0.4) is 0 Å². The van der Waals surface area contributed by atoms with Gasteiger partial charge in [0.1, 0.15) is 5.78 Å². The molecule has 1 aromatic heterocycles. The predicted molar refractivity (Wildman–Crippen MR) is 51.8 cm³/mol. The topological polar surface area (TPSA) is 50.2 Å². The van der Waals surface area contributed by atoms with E-state index in [1.165, 1.54) is 0 Å². The fourth-order valence-electron chi connectivity index (χ4n) is 1.90. The molecule has 0 aliphatic heterocycles. The smallest absolute Gasteiger partial charge is 0.140 e. The Morgan fingerprint density at radius 3 is 2.86 bits per heavy atom. The van der Waals surface area contributed by atoms with Gasteiger partial charge in [0.2, 0.25) is 0 Å². The Balaban J connectivity index is 2.20. The number of aliphatic hydroxyl groups excluding tert-OH is 1. The molecule has 0 bridgehead atoms. The maximum Gasteiger partial charge on any atom is 0.140 e. The molecule has 1 aliphatic rings. The summed E-state index contributed by atoms with van der Waals surface area (Å²) in [7, 11) is 0. The maximum atomic E-state index is 11.5. The zero-order valence-corrected chi connectivity index (χ0v) is 7.94. The molecular formula is C11H13NO2. The Morgan fingerprint density at radius 2 is 2.36 bits per heavy atom. The van der Waals surface area contributed by atoms with Crippen LogP contribution in [-0.2, 0) is 11.4 Å². The van der Waals surface area contributed by atoms with Gasteiger partial charge < -0.3 is 5.11 Å². The second-order valence-corrected chi connectivity index (χ2v) is 3.65. The highest BCUT2D eigenvalue weighted by molar-refractivity contribution is 5.87. The monoisotopic (exact) mass is 191 g/mol. The SMILES string of the molecule is O=C1CCCC1c1ccc(CO)nc1. The lowest BCUT2D eigenvalue weighted by molar-refractivity contribution is -0.118. The highest BCUT2D eigenvalue weighted by atomic mass is 16.3. The van der Waals surface area contributed by atoms with Gasteiger partial charge in [0.25, 0.3) is 0 Å². The number of pyridine rings is 1. The van der Waals surface area contributed by atoms with Crippen LogP contribution in [0.5, 0.6) is 0 Å². The van der Waals surface area contributed by atoms with Crippen LogP contribution < -0.4 is 0 Å². The van der Waals surface area contributed by atoms with Crippen LogP contribution in [0.4, 0.5) is 0 Å². The molecule has 0 saturated heterocycles. The lowest BCUT2D eigenvalue weighted by Gasteiger charge is -2.07. The van der Waals surface area contributed by atoms with Gasteiger partial charge >= 0.3 is 0 Å². The van der Waals surface area contributed by atoms with Gasteiger partial charge in [-0.05, 0) is 24.5 Å². The standard InChI is InChI=1S/C11H13NO2/c13-7-9-5-4-8(6-12-9)10-2-1-3-11(10)14/h4-6,10,13H,1-3,7H2. The lowest BCUT2D eigenvalue weighted by atomic mass is 9.98. The van der Waals surface area contributed by atoms with Crippen molar-refractivity contribution in [1.82, 2.24) is 4.98 Å². The summed E-state index contributed by atoms with van der Waals surface area (Å²) in [4.78, 5) is 15.5. The molecule has 1 heterocycles. The van der Waals surface area contributed by atoms with E-state index in [1.807, 2.05) is 6.07 Å². The van der Waals surface area contributed by atoms with Crippen molar-refractivity contribution >= 4 is 5.78 Å². The maximum absolute atomic E-state index is 11.5. The number of ketones is 1. The minimum Gasteiger partial charge on any atom is -0.390 e. The van der Waals surface area contributed by atoms with Gasteiger partial charge in [-0.3, -0.25) is 9.78 Å². The Morgan fingerprint density at radius 1 is 1.50 bits per heavy atom. The summed E-state index contributed by atoms with van der Waals surface area (Å²) in [6.45, 7) is -0.0428. The number of nitrogens with zero attached hydrogens (tertiary/aromatic N) is 1. The summed E-state index contributed by atoms with van der Waals surface area (Å²) >= 11 is 0. The predicted octanol–water partition coefficient (Wildman–Crippen LogP) is 1.41. The molecular weight excluding hydrogens is 178 g/mol. The van der Waals surface area contributed by atoms with Gasteiger partial charge in [-0.1, -0.05) is 6.07 Å². The number of hydrogen-bond acceptors (Lipinski definition) is 3. The van der Waals surface area contributed by atoms with Gasteiger partial charge in [-0.15, -0.1) is 0 Å². The number of aliphatic hydroxyl groups is 1. The fraction of sp³-hybridized carbons (Fsp3) is 0.455. The number of hydrogen-bond donors (Lipinski definition) is 1. The molecule has 1 saturated carbocycles. The summed E-state index contributed by atoms with van der Waals surface area (Å²) in [5.41, 5.74) is 1.64. The average molecular weight is 191 g/mol. The molecule has 3 nitrogen and oxygen atoms in total. The van der Waals surface area contributed by atoms with Crippen molar-refractivity contribution in [2.75, 3.05) is 0 Å². The Hall–Kier alpha value is -1.22. The van der Waals surface area contributed by atoms with E-state index < -0.39 is 0 Å². The van der Waals surface area contributed by atoms with Crippen LogP contribution in [-0.4, -0.2) is 15.9 Å². The molecule has 74 valence electrons. The van der Waals surface area contributed by atoms with E-state index in [0.29, 0.717) is 17.9 Å². The molecule has 0 spiro atoms. The number of carbonyl (C=O) groups is 1. The molecule has 0 amide bonds. The first-order valence-electron chi connectivity index (χ1n) is 4.89. The Labute approximate surface area is 82.8 Å². The summed E-state index contributed by atoms with van der Waals surface area (Å²) < 4.78 is 0. The van der Waals surface area contributed by atoms with Gasteiger partial charge in [0, 0.05) is 18.5 Å². The van der Waals surface area contributed by atoms with Crippen LogP contribution in [0.25, 0.3) is 0 Å². The van der Waals surface area contributed by atoms with Crippen molar-refractivity contribution in [1.29, 1.82) is 0 Å². The zero-order valence-electron chi connectivity index (χ0n) is 7.94. The van der Waals surface area contributed by atoms with Crippen LogP contribution in [0, 0.1) is 0 Å². The summed E-state index contributed by atoms with van der Waals surface area (Å²) in [6.07, 6.45) is 4.34. The van der Waals surface area contributed by atoms with E-state index in [1.54, 1.807) is 12.3 Å². The third-order valence-electron chi connectivity index (χ3n) is 2.72. The summed E-state index contributed by atoms with van der Waals surface area (Å²) in [5, 5.41) is 8.82. The van der Waals surface area contributed by atoms with E-state index >= 15 is 0 Å². The molecule has 0 radical (unpaired) electrons. The Bertz CT molecular complexity index is 332. The third-order valence-corrected chi connectivity index (χ3v) is 2.72. The van der Waals surface area contributed by atoms with Crippen LogP contribution in [0.15, 0.2) is 18.3 Å². The molecule has 3 heteroatoms. The van der Waals surface area contributed by atoms with Crippen LogP contribution >= 0.6 is 0 Å². The van der Waals surface area contributed by atoms with Crippen molar-refractivity contribution in [3.05, 3.63) is 29.6 Å². The van der Waals surface area contributed by atoms with Crippen molar-refractivity contribution in [2.24, 2.45) is 0 Å². The number of rotatable bonds is 2. The molecule has 2 rings (SSSR count). The fourth-order valence-corrected chi connectivity index (χ4v) is 1.90. The largest absolute Gasteiger partial charge is 0.390 e. The van der Waals surface area contributed by atoms with Gasteiger partial charge in [-0.25, -0.2) is 0 Å². The van der Waals surface area contributed by atoms with E-state index in [4.69, 9.17) is 5.11 Å². The van der Waals surface area contributed by atoms with Crippen molar-refractivity contribution in [3.63, 3.8) is 0 Å². The molecule has 14 heavy (non-hydrogen) atoms. The van der Waals surface area contributed by atoms with Crippen LogP contribution in [0.1, 0.15) is 36.4 Å². The first-order chi connectivity index (χ1) is 6.81. The second kappa shape index (κ2) is 3.88. The van der Waals surface area contributed by atoms with Crippen molar-refractivity contribution < 1.29 is 9.90 Å². The first-order valence-corrected chi connectivity index (χ1v) is 4.89. The minimum absolute atomic E-state index is 0.0428. The van der Waals surface area contributed by atoms with E-state index in [-0.39, 0.29) is 12.5 Å². The second-order valence-electron chi connectivity index (χ2n) is 3.65. The molecule has 1 aliphatic carbocycles. The molecule has 1 aromatic rings. The molecule has 1 unspecified atom stereocenters. The summed E-state index contributed by atoms with van der Waals surface area (Å²) in [5.74, 6) is 0.374. The number of carbonyl (C=O) groups excluding carboxylic acids is 1. The van der Waals surface area contributed by atoms with Crippen LogP contribution in [0.2, 0.25) is 0 Å². The number of aromatic nitrogens is 1. The number of Topliss-reactive ketones (excluding diaryl/α,β-unsaturated/α-hetero) is 1. The van der Waals surface area contributed by atoms with Gasteiger partial charge in [0.15, 0.2) is 0 Å². The molecule has 1 fully saturated rings. The zero-order chi connectivity index (χ0) is 9.97. The molecule has 1 atom stereocenters. The first kappa shape index (κ1) is 9.34. The van der Waals surface area contributed by atoms with Gasteiger partial charge in [0.05, 0.1) is 12.3 Å². The summed E-state index contributed by atoms with van der Waals surface area (Å²) in [6, 6.07) is 3.67. The van der Waals surface area contributed by atoms with E-state index in [2.05, 4.69) is 4.98 Å². The van der Waals surface area contributed by atoms with Crippen molar-refractivity contribution in [3.8, 4) is 0 Å². The lowest BCUT2D eigenvalue weighted by Crippen LogP contribution is -2.05. The van der Waals surface area contributed by atoms with Crippen molar-refractivity contribution in [2.45, 2.75) is 31.8 Å². The van der Waals surface area contributed by atoms with E-state index in [0.717, 1.165) is 18.4 Å². The normalized spacial score (nSPS) is 21.5. The third kappa shape index (κ3) is 1.68. The highest BCUT2D eigenvalue weighted by Gasteiger charge is 2.25. The highest BCUT2D eigenvalue weighted by Crippen LogP contribution is 2.30. The minimum atomic E-state index is -0.0428. The molecule has 0 aromatic carbocycles.